The molecule has 0 spiro atoms. The molecule has 19 heavy (non-hydrogen) atoms. The normalized spacial score (nSPS) is 13.8. The molecular formula is C16H16N2O. The van der Waals surface area contributed by atoms with Crippen molar-refractivity contribution < 1.29 is 4.74 Å². The molecule has 0 aromatic heterocycles. The minimum Gasteiger partial charge on any atom is -0.496 e. The summed E-state index contributed by atoms with van der Waals surface area (Å²) in [5.74, 6) is 1.86. The second-order valence-corrected chi connectivity index (χ2v) is 4.40. The predicted molar refractivity (Wildman–Crippen MR) is 77.8 cm³/mol. The summed E-state index contributed by atoms with van der Waals surface area (Å²) >= 11 is 0. The summed E-state index contributed by atoms with van der Waals surface area (Å²) in [6.07, 6.45) is 0. The van der Waals surface area contributed by atoms with Crippen LogP contribution < -0.4 is 10.1 Å². The second-order valence-electron chi connectivity index (χ2n) is 4.40. The van der Waals surface area contributed by atoms with Crippen LogP contribution in [0.5, 0.6) is 5.75 Å². The molecule has 0 amide bonds. The van der Waals surface area contributed by atoms with Gasteiger partial charge in [-0.3, -0.25) is 4.99 Å². The summed E-state index contributed by atoms with van der Waals surface area (Å²) in [5.41, 5.74) is 3.37. The van der Waals surface area contributed by atoms with Crippen molar-refractivity contribution >= 4 is 5.84 Å². The van der Waals surface area contributed by atoms with E-state index in [9.17, 15) is 0 Å². The van der Waals surface area contributed by atoms with Crippen molar-refractivity contribution in [3.05, 3.63) is 54.1 Å². The van der Waals surface area contributed by atoms with Gasteiger partial charge in [0.1, 0.15) is 11.6 Å². The SMILES string of the molecule is COc1ccccc1-c1ccccc1C1=NCCN1. The summed E-state index contributed by atoms with van der Waals surface area (Å²) in [6, 6.07) is 16.4. The summed E-state index contributed by atoms with van der Waals surface area (Å²) in [6.45, 7) is 1.76. The van der Waals surface area contributed by atoms with Gasteiger partial charge in [0.25, 0.3) is 0 Å². The minimum atomic E-state index is 0.843. The molecule has 0 fully saturated rings. The maximum Gasteiger partial charge on any atom is 0.129 e. The molecule has 0 saturated carbocycles. The largest absolute Gasteiger partial charge is 0.496 e. The summed E-state index contributed by atoms with van der Waals surface area (Å²) in [7, 11) is 1.70. The monoisotopic (exact) mass is 252 g/mol. The Hall–Kier alpha value is -2.29. The van der Waals surface area contributed by atoms with Gasteiger partial charge in [-0.2, -0.15) is 0 Å². The molecule has 2 aromatic carbocycles. The van der Waals surface area contributed by atoms with E-state index in [1.165, 1.54) is 0 Å². The third kappa shape index (κ3) is 2.19. The van der Waals surface area contributed by atoms with Crippen LogP contribution in [-0.2, 0) is 0 Å². The molecule has 0 bridgehead atoms. The molecule has 2 aromatic rings. The Balaban J connectivity index is 2.15. The number of methoxy groups -OCH3 is 1. The molecule has 0 aliphatic carbocycles. The fraction of sp³-hybridized carbons (Fsp3) is 0.188. The van der Waals surface area contributed by atoms with Gasteiger partial charge in [-0.25, -0.2) is 0 Å². The zero-order valence-electron chi connectivity index (χ0n) is 10.9. The van der Waals surface area contributed by atoms with Gasteiger partial charge in [-0.15, -0.1) is 0 Å². The van der Waals surface area contributed by atoms with Gasteiger partial charge in [0, 0.05) is 17.7 Å². The Bertz CT molecular complexity index is 620. The lowest BCUT2D eigenvalue weighted by molar-refractivity contribution is 0.416. The minimum absolute atomic E-state index is 0.843. The van der Waals surface area contributed by atoms with Crippen molar-refractivity contribution in [3.63, 3.8) is 0 Å². The molecule has 1 N–H and O–H groups in total. The molecule has 1 aliphatic rings. The van der Waals surface area contributed by atoms with Crippen LogP contribution >= 0.6 is 0 Å². The van der Waals surface area contributed by atoms with Crippen molar-refractivity contribution in [2.45, 2.75) is 0 Å². The van der Waals surface area contributed by atoms with E-state index >= 15 is 0 Å². The van der Waals surface area contributed by atoms with Crippen LogP contribution in [0, 0.1) is 0 Å². The third-order valence-electron chi connectivity index (χ3n) is 3.25. The third-order valence-corrected chi connectivity index (χ3v) is 3.25. The van der Waals surface area contributed by atoms with Gasteiger partial charge in [0.2, 0.25) is 0 Å². The maximum atomic E-state index is 5.46. The van der Waals surface area contributed by atoms with E-state index in [1.54, 1.807) is 7.11 Å². The second kappa shape index (κ2) is 5.14. The highest BCUT2D eigenvalue weighted by atomic mass is 16.5. The van der Waals surface area contributed by atoms with Gasteiger partial charge in [0.15, 0.2) is 0 Å². The van der Waals surface area contributed by atoms with Crippen LogP contribution in [0.25, 0.3) is 11.1 Å². The first-order chi connectivity index (χ1) is 9.40. The van der Waals surface area contributed by atoms with Gasteiger partial charge in [0.05, 0.1) is 13.7 Å². The molecule has 0 unspecified atom stereocenters. The molecule has 0 radical (unpaired) electrons. The fourth-order valence-electron chi connectivity index (χ4n) is 2.37. The number of nitrogens with one attached hydrogen (secondary N) is 1. The van der Waals surface area contributed by atoms with Crippen LogP contribution in [0.1, 0.15) is 5.56 Å². The Morgan fingerprint density at radius 1 is 0.947 bits per heavy atom. The van der Waals surface area contributed by atoms with Crippen molar-refractivity contribution in [2.75, 3.05) is 20.2 Å². The lowest BCUT2D eigenvalue weighted by atomic mass is 9.98. The standard InChI is InChI=1S/C16H16N2O/c1-19-15-9-5-4-7-13(15)12-6-2-3-8-14(12)16-17-10-11-18-16/h2-9H,10-11H2,1H3,(H,17,18). The van der Waals surface area contributed by atoms with Crippen molar-refractivity contribution in [2.24, 2.45) is 4.99 Å². The average molecular weight is 252 g/mol. The topological polar surface area (TPSA) is 33.6 Å². The number of rotatable bonds is 3. The highest BCUT2D eigenvalue weighted by Crippen LogP contribution is 2.32. The molecule has 3 nitrogen and oxygen atoms in total. The van der Waals surface area contributed by atoms with Crippen LogP contribution in [-0.4, -0.2) is 26.0 Å². The van der Waals surface area contributed by atoms with E-state index in [1.807, 2.05) is 30.3 Å². The first-order valence-corrected chi connectivity index (χ1v) is 6.41. The zero-order valence-corrected chi connectivity index (χ0v) is 10.9. The number of ether oxygens (including phenoxy) is 1. The molecule has 3 rings (SSSR count). The first kappa shape index (κ1) is 11.8. The van der Waals surface area contributed by atoms with Crippen LogP contribution in [0.15, 0.2) is 53.5 Å². The Morgan fingerprint density at radius 2 is 1.63 bits per heavy atom. The van der Waals surface area contributed by atoms with Crippen LogP contribution in [0.3, 0.4) is 0 Å². The Kier molecular flexibility index (Phi) is 3.19. The van der Waals surface area contributed by atoms with Crippen molar-refractivity contribution in [1.82, 2.24) is 5.32 Å². The van der Waals surface area contributed by atoms with Crippen molar-refractivity contribution in [3.8, 4) is 16.9 Å². The van der Waals surface area contributed by atoms with Gasteiger partial charge >= 0.3 is 0 Å². The Labute approximate surface area is 113 Å². The van der Waals surface area contributed by atoms with E-state index in [-0.39, 0.29) is 0 Å². The zero-order chi connectivity index (χ0) is 13.1. The molecular weight excluding hydrogens is 236 g/mol. The van der Waals surface area contributed by atoms with E-state index < -0.39 is 0 Å². The molecule has 1 aliphatic heterocycles. The van der Waals surface area contributed by atoms with Gasteiger partial charge < -0.3 is 10.1 Å². The number of para-hydroxylation sites is 1. The first-order valence-electron chi connectivity index (χ1n) is 6.41. The highest BCUT2D eigenvalue weighted by Gasteiger charge is 2.15. The number of hydrogen-bond acceptors (Lipinski definition) is 3. The fourth-order valence-corrected chi connectivity index (χ4v) is 2.37. The van der Waals surface area contributed by atoms with Crippen LogP contribution in [0.2, 0.25) is 0 Å². The summed E-state index contributed by atoms with van der Waals surface area (Å²) < 4.78 is 5.46. The lowest BCUT2D eigenvalue weighted by Crippen LogP contribution is -2.20. The number of amidine groups is 1. The van der Waals surface area contributed by atoms with E-state index in [0.29, 0.717) is 0 Å². The van der Waals surface area contributed by atoms with E-state index in [0.717, 1.165) is 41.4 Å². The maximum absolute atomic E-state index is 5.46. The lowest BCUT2D eigenvalue weighted by Gasteiger charge is -2.13. The molecule has 96 valence electrons. The molecule has 3 heteroatoms. The van der Waals surface area contributed by atoms with Gasteiger partial charge in [-0.1, -0.05) is 42.5 Å². The smallest absolute Gasteiger partial charge is 0.129 e. The summed E-state index contributed by atoms with van der Waals surface area (Å²) in [5, 5.41) is 3.33. The van der Waals surface area contributed by atoms with Crippen molar-refractivity contribution in [1.29, 1.82) is 0 Å². The predicted octanol–water partition coefficient (Wildman–Crippen LogP) is 2.71. The van der Waals surface area contributed by atoms with E-state index in [4.69, 9.17) is 4.74 Å². The molecule has 0 saturated heterocycles. The van der Waals surface area contributed by atoms with Gasteiger partial charge in [-0.05, 0) is 11.6 Å². The highest BCUT2D eigenvalue weighted by molar-refractivity contribution is 6.05. The average Bonchev–Trinajstić information content (AvgIpc) is 3.01. The van der Waals surface area contributed by atoms with Crippen LogP contribution in [0.4, 0.5) is 0 Å². The number of hydrogen-bond donors (Lipinski definition) is 1. The molecule has 1 heterocycles. The quantitative estimate of drug-likeness (QED) is 0.911. The number of aliphatic imine (C=N–C) groups is 1. The Morgan fingerprint density at radius 3 is 2.32 bits per heavy atom. The summed E-state index contributed by atoms with van der Waals surface area (Å²) in [4.78, 5) is 4.51. The number of benzene rings is 2. The number of nitrogens with zero attached hydrogens (tertiary/aromatic N) is 1. The molecule has 0 atom stereocenters. The van der Waals surface area contributed by atoms with E-state index in [2.05, 4.69) is 28.5 Å².